The van der Waals surface area contributed by atoms with Gasteiger partial charge in [0, 0.05) is 46.0 Å². The zero-order valence-electron chi connectivity index (χ0n) is 16.3. The second-order valence-corrected chi connectivity index (χ2v) is 6.49. The minimum atomic E-state index is 0. The smallest absolute Gasteiger partial charge is 0.191 e. The van der Waals surface area contributed by atoms with Gasteiger partial charge in [0.15, 0.2) is 5.96 Å². The SMILES string of the molecule is CCNC(=NCc1ccc(N(C)C)cc1)NCCCN1CCOCC1.I. The lowest BCUT2D eigenvalue weighted by Crippen LogP contribution is -2.40. The molecule has 0 unspecified atom stereocenters. The maximum absolute atomic E-state index is 5.38. The number of hydrogen-bond donors (Lipinski definition) is 2. The minimum Gasteiger partial charge on any atom is -0.379 e. The highest BCUT2D eigenvalue weighted by Crippen LogP contribution is 2.12. The van der Waals surface area contributed by atoms with Crippen molar-refractivity contribution in [2.75, 3.05) is 64.9 Å². The molecule has 0 radical (unpaired) electrons. The zero-order valence-corrected chi connectivity index (χ0v) is 18.7. The fourth-order valence-corrected chi connectivity index (χ4v) is 2.75. The van der Waals surface area contributed by atoms with Crippen molar-refractivity contribution in [3.8, 4) is 0 Å². The Balaban J connectivity index is 0.00000338. The monoisotopic (exact) mass is 475 g/mol. The third-order valence-corrected chi connectivity index (χ3v) is 4.26. The van der Waals surface area contributed by atoms with Crippen LogP contribution in [0.4, 0.5) is 5.69 Å². The average molecular weight is 475 g/mol. The van der Waals surface area contributed by atoms with Gasteiger partial charge in [-0.05, 0) is 37.6 Å². The number of anilines is 1. The van der Waals surface area contributed by atoms with Gasteiger partial charge in [0.25, 0.3) is 0 Å². The van der Waals surface area contributed by atoms with Crippen LogP contribution in [0.2, 0.25) is 0 Å². The fraction of sp³-hybridized carbons (Fsp3) is 0.632. The number of aliphatic imine (C=N–C) groups is 1. The summed E-state index contributed by atoms with van der Waals surface area (Å²) in [4.78, 5) is 9.25. The molecule has 0 spiro atoms. The molecule has 0 aliphatic carbocycles. The maximum atomic E-state index is 5.38. The van der Waals surface area contributed by atoms with Crippen LogP contribution in [0.15, 0.2) is 29.3 Å². The first kappa shape index (κ1) is 23.0. The fourth-order valence-electron chi connectivity index (χ4n) is 2.75. The summed E-state index contributed by atoms with van der Waals surface area (Å²) in [5, 5.41) is 6.75. The highest BCUT2D eigenvalue weighted by atomic mass is 127. The Labute approximate surface area is 175 Å². The van der Waals surface area contributed by atoms with E-state index in [1.807, 2.05) is 0 Å². The summed E-state index contributed by atoms with van der Waals surface area (Å²) in [5.74, 6) is 0.890. The van der Waals surface area contributed by atoms with E-state index in [-0.39, 0.29) is 24.0 Å². The van der Waals surface area contributed by atoms with Gasteiger partial charge in [-0.15, -0.1) is 24.0 Å². The number of guanidine groups is 1. The van der Waals surface area contributed by atoms with Crippen LogP contribution in [0.1, 0.15) is 18.9 Å². The van der Waals surface area contributed by atoms with Crippen molar-refractivity contribution in [3.05, 3.63) is 29.8 Å². The summed E-state index contributed by atoms with van der Waals surface area (Å²) < 4.78 is 5.38. The normalized spacial score (nSPS) is 15.3. The van der Waals surface area contributed by atoms with E-state index in [0.717, 1.165) is 58.3 Å². The van der Waals surface area contributed by atoms with Crippen LogP contribution < -0.4 is 15.5 Å². The Morgan fingerprint density at radius 3 is 2.46 bits per heavy atom. The average Bonchev–Trinajstić information content (AvgIpc) is 2.64. The van der Waals surface area contributed by atoms with Gasteiger partial charge >= 0.3 is 0 Å². The van der Waals surface area contributed by atoms with Crippen LogP contribution in [-0.4, -0.2) is 70.9 Å². The molecule has 1 saturated heterocycles. The van der Waals surface area contributed by atoms with Gasteiger partial charge in [-0.2, -0.15) is 0 Å². The van der Waals surface area contributed by atoms with Gasteiger partial charge in [-0.25, -0.2) is 4.99 Å². The molecule has 1 aromatic carbocycles. The molecule has 0 amide bonds. The number of rotatable bonds is 8. The van der Waals surface area contributed by atoms with Crippen molar-refractivity contribution >= 4 is 35.6 Å². The molecule has 0 bridgehead atoms. The molecule has 0 atom stereocenters. The molecule has 1 fully saturated rings. The molecule has 2 rings (SSSR count). The molecule has 2 N–H and O–H groups in total. The molecule has 6 nitrogen and oxygen atoms in total. The van der Waals surface area contributed by atoms with Crippen molar-refractivity contribution in [2.45, 2.75) is 19.9 Å². The molecule has 7 heteroatoms. The summed E-state index contributed by atoms with van der Waals surface area (Å²) in [6, 6.07) is 8.54. The summed E-state index contributed by atoms with van der Waals surface area (Å²) in [6.45, 7) is 9.53. The number of benzene rings is 1. The van der Waals surface area contributed by atoms with Gasteiger partial charge in [0.1, 0.15) is 0 Å². The minimum absolute atomic E-state index is 0. The standard InChI is InChI=1S/C19H33N5O.HI/c1-4-20-19(21-10-5-11-24-12-14-25-15-13-24)22-16-17-6-8-18(9-7-17)23(2)3;/h6-9H,4-5,10-16H2,1-3H3,(H2,20,21,22);1H. The largest absolute Gasteiger partial charge is 0.379 e. The van der Waals surface area contributed by atoms with E-state index in [1.165, 1.54) is 11.3 Å². The van der Waals surface area contributed by atoms with Gasteiger partial charge in [-0.1, -0.05) is 12.1 Å². The third-order valence-electron chi connectivity index (χ3n) is 4.26. The molecular formula is C19H34IN5O. The lowest BCUT2D eigenvalue weighted by atomic mass is 10.2. The van der Waals surface area contributed by atoms with Gasteiger partial charge in [-0.3, -0.25) is 4.90 Å². The first-order chi connectivity index (χ1) is 12.2. The molecular weight excluding hydrogens is 441 g/mol. The summed E-state index contributed by atoms with van der Waals surface area (Å²) in [6.07, 6.45) is 1.11. The van der Waals surface area contributed by atoms with E-state index in [9.17, 15) is 0 Å². The number of ether oxygens (including phenoxy) is 1. The van der Waals surface area contributed by atoms with Gasteiger partial charge in [0.2, 0.25) is 0 Å². The first-order valence-electron chi connectivity index (χ1n) is 9.27. The molecule has 26 heavy (non-hydrogen) atoms. The molecule has 1 aliphatic rings. The molecule has 0 saturated carbocycles. The van der Waals surface area contributed by atoms with Crippen molar-refractivity contribution in [2.24, 2.45) is 4.99 Å². The Kier molecular flexibility index (Phi) is 11.6. The molecule has 1 heterocycles. The third kappa shape index (κ3) is 8.55. The highest BCUT2D eigenvalue weighted by Gasteiger charge is 2.09. The first-order valence-corrected chi connectivity index (χ1v) is 9.27. The summed E-state index contributed by atoms with van der Waals surface area (Å²) in [7, 11) is 4.11. The van der Waals surface area contributed by atoms with Crippen molar-refractivity contribution in [1.29, 1.82) is 0 Å². The van der Waals surface area contributed by atoms with Gasteiger partial charge < -0.3 is 20.3 Å². The lowest BCUT2D eigenvalue weighted by molar-refractivity contribution is 0.0376. The molecule has 1 aromatic rings. The van der Waals surface area contributed by atoms with Crippen molar-refractivity contribution < 1.29 is 4.74 Å². The summed E-state index contributed by atoms with van der Waals surface area (Å²) >= 11 is 0. The molecule has 1 aliphatic heterocycles. The van der Waals surface area contributed by atoms with Crippen LogP contribution in [0.25, 0.3) is 0 Å². The number of nitrogens with zero attached hydrogens (tertiary/aromatic N) is 3. The molecule has 148 valence electrons. The topological polar surface area (TPSA) is 52.1 Å². The summed E-state index contributed by atoms with van der Waals surface area (Å²) in [5.41, 5.74) is 2.43. The predicted molar refractivity (Wildman–Crippen MR) is 121 cm³/mol. The number of halogens is 1. The van der Waals surface area contributed by atoms with E-state index in [0.29, 0.717) is 6.54 Å². The van der Waals surface area contributed by atoms with Gasteiger partial charge in [0.05, 0.1) is 19.8 Å². The Hall–Kier alpha value is -1.06. The number of hydrogen-bond acceptors (Lipinski definition) is 4. The van der Waals surface area contributed by atoms with E-state index >= 15 is 0 Å². The van der Waals surface area contributed by atoms with Crippen LogP contribution in [-0.2, 0) is 11.3 Å². The second-order valence-electron chi connectivity index (χ2n) is 6.49. The van der Waals surface area contributed by atoms with Crippen LogP contribution in [0, 0.1) is 0 Å². The van der Waals surface area contributed by atoms with Crippen molar-refractivity contribution in [1.82, 2.24) is 15.5 Å². The number of morpholine rings is 1. The van der Waals surface area contributed by atoms with Crippen LogP contribution >= 0.6 is 24.0 Å². The number of nitrogens with one attached hydrogen (secondary N) is 2. The second kappa shape index (κ2) is 13.2. The lowest BCUT2D eigenvalue weighted by Gasteiger charge is -2.26. The maximum Gasteiger partial charge on any atom is 0.191 e. The van der Waals surface area contributed by atoms with Crippen LogP contribution in [0.3, 0.4) is 0 Å². The zero-order chi connectivity index (χ0) is 17.9. The van der Waals surface area contributed by atoms with E-state index in [1.54, 1.807) is 0 Å². The predicted octanol–water partition coefficient (Wildman–Crippen LogP) is 2.15. The highest BCUT2D eigenvalue weighted by molar-refractivity contribution is 14.0. The Morgan fingerprint density at radius 2 is 1.85 bits per heavy atom. The van der Waals surface area contributed by atoms with Crippen molar-refractivity contribution in [3.63, 3.8) is 0 Å². The quantitative estimate of drug-likeness (QED) is 0.261. The Morgan fingerprint density at radius 1 is 1.15 bits per heavy atom. The van der Waals surface area contributed by atoms with E-state index in [2.05, 4.69) is 70.7 Å². The molecule has 0 aromatic heterocycles. The van der Waals surface area contributed by atoms with E-state index in [4.69, 9.17) is 4.74 Å². The Bertz CT molecular complexity index is 515. The van der Waals surface area contributed by atoms with Crippen LogP contribution in [0.5, 0.6) is 0 Å². The van der Waals surface area contributed by atoms with E-state index < -0.39 is 0 Å².